The molecule has 2 aromatic rings. The maximum Gasteiger partial charge on any atom is 0.410 e. The molecule has 2 amide bonds. The predicted molar refractivity (Wildman–Crippen MR) is 244 cm³/mol. The monoisotopic (exact) mass is 897 g/mol. The second-order valence-electron chi connectivity index (χ2n) is 17.0. The highest BCUT2D eigenvalue weighted by Gasteiger charge is 2.28. The molecule has 0 saturated heterocycles. The lowest BCUT2D eigenvalue weighted by Gasteiger charge is -2.29. The van der Waals surface area contributed by atoms with E-state index in [2.05, 4.69) is 5.32 Å². The zero-order chi connectivity index (χ0) is 46.6. The van der Waals surface area contributed by atoms with Gasteiger partial charge in [0.15, 0.2) is 0 Å². The number of carbonyl (C=O) groups excluding carboxylic acids is 5. The number of benzene rings is 2. The Hall–Kier alpha value is -4.28. The third-order valence-corrected chi connectivity index (χ3v) is 8.35. The van der Waals surface area contributed by atoms with Crippen molar-refractivity contribution in [1.29, 1.82) is 0 Å². The summed E-state index contributed by atoms with van der Waals surface area (Å²) in [7, 11) is 6.97. The molecule has 0 radical (unpaired) electrons. The van der Waals surface area contributed by atoms with E-state index in [0.29, 0.717) is 52.3 Å². The molecule has 0 heterocycles. The van der Waals surface area contributed by atoms with E-state index in [1.54, 1.807) is 21.1 Å². The molecule has 1 N–H and O–H groups in total. The predicted octanol–water partition coefficient (Wildman–Crippen LogP) is 7.03. The topological polar surface area (TPSA) is 162 Å². The first-order valence-corrected chi connectivity index (χ1v) is 20.8. The molecule has 0 spiro atoms. The Morgan fingerprint density at radius 3 is 1.40 bits per heavy atom. The van der Waals surface area contributed by atoms with Crippen molar-refractivity contribution in [3.63, 3.8) is 0 Å². The molecule has 0 fully saturated rings. The van der Waals surface area contributed by atoms with Gasteiger partial charge in [-0.15, -0.1) is 12.4 Å². The van der Waals surface area contributed by atoms with Crippen LogP contribution in [0.25, 0.3) is 0 Å². The average molecular weight is 898 g/mol. The molecule has 0 saturated carbocycles. The van der Waals surface area contributed by atoms with E-state index in [9.17, 15) is 24.0 Å². The summed E-state index contributed by atoms with van der Waals surface area (Å²) in [5.41, 5.74) is 0.966. The number of carbonyl (C=O) groups is 5. The summed E-state index contributed by atoms with van der Waals surface area (Å²) in [6.45, 7) is 22.2. The number of nitrogens with zero attached hydrogens (tertiary/aromatic N) is 3. The van der Waals surface area contributed by atoms with Crippen molar-refractivity contribution in [3.05, 3.63) is 71.8 Å². The highest BCUT2D eigenvalue weighted by molar-refractivity contribution is 5.85. The van der Waals surface area contributed by atoms with Crippen LogP contribution in [0.2, 0.25) is 0 Å². The minimum Gasteiger partial charge on any atom is -0.460 e. The van der Waals surface area contributed by atoms with Crippen LogP contribution < -0.4 is 5.32 Å². The normalized spacial score (nSPS) is 12.0. The van der Waals surface area contributed by atoms with Crippen LogP contribution in [-0.2, 0) is 56.0 Å². The van der Waals surface area contributed by atoms with Gasteiger partial charge in [0.25, 0.3) is 0 Å². The van der Waals surface area contributed by atoms with Crippen LogP contribution >= 0.6 is 12.4 Å². The number of hydrogen-bond acceptors (Lipinski definition) is 13. The smallest absolute Gasteiger partial charge is 0.410 e. The fourth-order valence-corrected chi connectivity index (χ4v) is 5.16. The van der Waals surface area contributed by atoms with Crippen molar-refractivity contribution in [3.8, 4) is 0 Å². The van der Waals surface area contributed by atoms with Crippen molar-refractivity contribution in [2.75, 3.05) is 74.3 Å². The number of rotatable bonds is 21. The molecular weight excluding hydrogens is 820 g/mol. The lowest BCUT2D eigenvalue weighted by Crippen LogP contribution is -2.45. The number of hydrogen-bond donors (Lipinski definition) is 1. The summed E-state index contributed by atoms with van der Waals surface area (Å²) < 4.78 is 31.8. The molecule has 15 nitrogen and oxygen atoms in total. The van der Waals surface area contributed by atoms with E-state index in [4.69, 9.17) is 28.4 Å². The Bertz CT molecular complexity index is 1520. The zero-order valence-corrected chi connectivity index (χ0v) is 40.6. The molecule has 16 heteroatoms. The highest BCUT2D eigenvalue weighted by Crippen LogP contribution is 2.14. The van der Waals surface area contributed by atoms with Crippen molar-refractivity contribution >= 4 is 42.8 Å². The van der Waals surface area contributed by atoms with E-state index in [1.165, 1.54) is 9.80 Å². The number of ether oxygens (including phenoxy) is 6. The minimum atomic E-state index is -0.518. The molecule has 354 valence electrons. The number of esters is 2. The molecule has 62 heavy (non-hydrogen) atoms. The van der Waals surface area contributed by atoms with Gasteiger partial charge in [-0.3, -0.25) is 14.5 Å². The highest BCUT2D eigenvalue weighted by atomic mass is 35.5. The van der Waals surface area contributed by atoms with E-state index < -0.39 is 17.3 Å². The van der Waals surface area contributed by atoms with Crippen LogP contribution in [0.1, 0.15) is 80.4 Å². The Kier molecular flexibility index (Phi) is 31.3. The SMILES string of the molecule is CC(C)[C@@H](C(=O)OCc1ccccc1)N(C)CCOCCN(C)C(=O)OC(C)(C)C.CN(CCOCC=O)C(=O)OC(C)(C)C.CN[C@H](C(=O)OCc1ccccc1)C(C)C.Cl. The number of halogens is 1. The Morgan fingerprint density at radius 1 is 0.629 bits per heavy atom. The lowest BCUT2D eigenvalue weighted by molar-refractivity contribution is -0.153. The summed E-state index contributed by atoms with van der Waals surface area (Å²) >= 11 is 0. The van der Waals surface area contributed by atoms with Gasteiger partial charge < -0.3 is 48.3 Å². The largest absolute Gasteiger partial charge is 0.460 e. The molecule has 0 aliphatic carbocycles. The standard InChI is InChI=1S/C23H38N2O5.C13H19NO2.C10H19NO4.ClH/c1-18(2)20(21(26)29-17-19-11-9-8-10-12-19)24(6)13-15-28-16-14-25(7)22(27)30-23(3,4)5;1-10(2)12(14-3)13(15)16-9-11-7-5-4-6-8-11;1-10(2,3)15-9(13)11(4)5-7-14-8-6-12;/h8-12,18,20H,13-17H2,1-7H3;4-8,10,12,14H,9H2,1-3H3;6H,5,7-8H2,1-4H3;1H/t20-;12-;;/m00../s1. The average Bonchev–Trinajstić information content (AvgIpc) is 3.17. The maximum atomic E-state index is 12.6. The van der Waals surface area contributed by atoms with Crippen molar-refractivity contribution in [2.45, 2.75) is 106 Å². The van der Waals surface area contributed by atoms with Crippen molar-refractivity contribution < 1.29 is 52.4 Å². The number of likely N-dealkylation sites (N-methyl/N-ethyl adjacent to an activating group) is 4. The summed E-state index contributed by atoms with van der Waals surface area (Å²) in [5.74, 6) is -0.0905. The van der Waals surface area contributed by atoms with Gasteiger partial charge in [-0.25, -0.2) is 9.59 Å². The van der Waals surface area contributed by atoms with Gasteiger partial charge in [0.2, 0.25) is 0 Å². The van der Waals surface area contributed by atoms with Gasteiger partial charge in [0.05, 0.1) is 19.8 Å². The van der Waals surface area contributed by atoms with E-state index >= 15 is 0 Å². The first-order chi connectivity index (χ1) is 28.5. The van der Waals surface area contributed by atoms with Gasteiger partial charge >= 0.3 is 24.1 Å². The van der Waals surface area contributed by atoms with Gasteiger partial charge in [0, 0.05) is 33.7 Å². The molecule has 2 rings (SSSR count). The van der Waals surface area contributed by atoms with Crippen molar-refractivity contribution in [2.24, 2.45) is 11.8 Å². The Morgan fingerprint density at radius 2 is 1.03 bits per heavy atom. The van der Waals surface area contributed by atoms with E-state index in [-0.39, 0.29) is 67.6 Å². The first-order valence-electron chi connectivity index (χ1n) is 20.8. The van der Waals surface area contributed by atoms with Gasteiger partial charge in [0.1, 0.15) is 49.4 Å². The van der Waals surface area contributed by atoms with Crippen LogP contribution in [0.3, 0.4) is 0 Å². The zero-order valence-electron chi connectivity index (χ0n) is 39.8. The molecule has 0 aromatic heterocycles. The second-order valence-corrected chi connectivity index (χ2v) is 17.0. The fraction of sp³-hybridized carbons (Fsp3) is 0.630. The first kappa shape index (κ1) is 59.8. The molecule has 0 aliphatic heterocycles. The van der Waals surface area contributed by atoms with Crippen LogP contribution in [0.5, 0.6) is 0 Å². The summed E-state index contributed by atoms with van der Waals surface area (Å²) in [4.78, 5) is 62.4. The molecule has 0 unspecified atom stereocenters. The third kappa shape index (κ3) is 29.1. The van der Waals surface area contributed by atoms with Gasteiger partial charge in [-0.05, 0) is 78.6 Å². The fourth-order valence-electron chi connectivity index (χ4n) is 5.16. The second kappa shape index (κ2) is 32.4. The van der Waals surface area contributed by atoms with Crippen LogP contribution in [0.4, 0.5) is 9.59 Å². The third-order valence-electron chi connectivity index (χ3n) is 8.35. The van der Waals surface area contributed by atoms with E-state index in [0.717, 1.165) is 11.1 Å². The Balaban J connectivity index is 0. The van der Waals surface area contributed by atoms with Crippen LogP contribution in [0.15, 0.2) is 60.7 Å². The van der Waals surface area contributed by atoms with Crippen LogP contribution in [-0.4, -0.2) is 143 Å². The number of amides is 2. The molecule has 2 atom stereocenters. The van der Waals surface area contributed by atoms with E-state index in [1.807, 2.05) is 142 Å². The van der Waals surface area contributed by atoms with Crippen LogP contribution in [0, 0.1) is 11.8 Å². The van der Waals surface area contributed by atoms with Crippen molar-refractivity contribution in [1.82, 2.24) is 20.0 Å². The molecule has 2 aromatic carbocycles. The summed E-state index contributed by atoms with van der Waals surface area (Å²) in [6.07, 6.45) is -0.0885. The van der Waals surface area contributed by atoms with Gasteiger partial charge in [-0.1, -0.05) is 88.4 Å². The lowest BCUT2D eigenvalue weighted by atomic mass is 10.0. The molecule has 0 aliphatic rings. The molecule has 0 bridgehead atoms. The Labute approximate surface area is 377 Å². The molecular formula is C46H77ClN4O11. The summed E-state index contributed by atoms with van der Waals surface area (Å²) in [6, 6.07) is 18.8. The van der Waals surface area contributed by atoms with Gasteiger partial charge in [-0.2, -0.15) is 0 Å². The number of aldehydes is 1. The quantitative estimate of drug-likeness (QED) is 0.0589. The maximum absolute atomic E-state index is 12.6. The summed E-state index contributed by atoms with van der Waals surface area (Å²) in [5, 5.41) is 2.96. The minimum absolute atomic E-state index is 0. The number of nitrogens with one attached hydrogen (secondary N) is 1.